The Kier molecular flexibility index (Phi) is 3.01. The van der Waals surface area contributed by atoms with E-state index < -0.39 is 0 Å². The Morgan fingerprint density at radius 1 is 1.00 bits per heavy atom. The first-order chi connectivity index (χ1) is 8.19. The van der Waals surface area contributed by atoms with E-state index in [9.17, 15) is 0 Å². The van der Waals surface area contributed by atoms with Crippen LogP contribution in [0, 0.1) is 0 Å². The number of hydrogen-bond donors (Lipinski definition) is 0. The first kappa shape index (κ1) is 11.7. The lowest BCUT2D eigenvalue weighted by atomic mass is 10.1. The highest BCUT2D eigenvalue weighted by atomic mass is 79.9. The van der Waals surface area contributed by atoms with Crippen molar-refractivity contribution in [3.05, 3.63) is 44.8 Å². The van der Waals surface area contributed by atoms with Gasteiger partial charge in [0, 0.05) is 29.1 Å². The van der Waals surface area contributed by atoms with Crippen LogP contribution < -0.4 is 0 Å². The lowest BCUT2D eigenvalue weighted by Crippen LogP contribution is -1.81. The molecule has 17 heavy (non-hydrogen) atoms. The summed E-state index contributed by atoms with van der Waals surface area (Å²) in [5, 5.41) is 2.73. The SMILES string of the molecule is CCc1cc2c(cc1Br)sc1cc(Br)ccc12. The summed E-state index contributed by atoms with van der Waals surface area (Å²) in [7, 11) is 0. The average molecular weight is 370 g/mol. The largest absolute Gasteiger partial charge is 0.135 e. The molecule has 0 aliphatic heterocycles. The minimum atomic E-state index is 1.06. The fraction of sp³-hybridized carbons (Fsp3) is 0.143. The minimum absolute atomic E-state index is 1.06. The smallest absolute Gasteiger partial charge is 0.0366 e. The van der Waals surface area contributed by atoms with Gasteiger partial charge in [-0.1, -0.05) is 44.8 Å². The van der Waals surface area contributed by atoms with Crippen LogP contribution in [0.4, 0.5) is 0 Å². The van der Waals surface area contributed by atoms with E-state index in [-0.39, 0.29) is 0 Å². The number of aryl methyl sites for hydroxylation is 1. The summed E-state index contributed by atoms with van der Waals surface area (Å²) in [5.41, 5.74) is 1.38. The van der Waals surface area contributed by atoms with Gasteiger partial charge in [-0.05, 0) is 36.2 Å². The maximum atomic E-state index is 3.65. The van der Waals surface area contributed by atoms with Crippen molar-refractivity contribution in [2.75, 3.05) is 0 Å². The van der Waals surface area contributed by atoms with Crippen molar-refractivity contribution in [1.82, 2.24) is 0 Å². The van der Waals surface area contributed by atoms with E-state index >= 15 is 0 Å². The third-order valence-corrected chi connectivity index (χ3v) is 5.33. The second-order valence-corrected chi connectivity index (χ2v) is 6.89. The van der Waals surface area contributed by atoms with Crippen molar-refractivity contribution in [2.24, 2.45) is 0 Å². The standard InChI is InChI=1S/C14H10Br2S/c1-2-8-5-11-10-4-3-9(15)6-13(10)17-14(11)7-12(8)16/h3-7H,2H2,1H3. The molecule has 0 unspecified atom stereocenters. The molecule has 0 amide bonds. The Bertz CT molecular complexity index is 713. The van der Waals surface area contributed by atoms with E-state index in [1.807, 2.05) is 11.3 Å². The highest BCUT2D eigenvalue weighted by molar-refractivity contribution is 9.10. The molecular weight excluding hydrogens is 360 g/mol. The van der Waals surface area contributed by atoms with Crippen LogP contribution >= 0.6 is 43.2 Å². The van der Waals surface area contributed by atoms with Gasteiger partial charge in [-0.3, -0.25) is 0 Å². The van der Waals surface area contributed by atoms with Crippen molar-refractivity contribution >= 4 is 63.4 Å². The van der Waals surface area contributed by atoms with Crippen molar-refractivity contribution in [2.45, 2.75) is 13.3 Å². The van der Waals surface area contributed by atoms with Crippen LogP contribution in [0.3, 0.4) is 0 Å². The molecule has 0 N–H and O–H groups in total. The van der Waals surface area contributed by atoms with Gasteiger partial charge in [0.05, 0.1) is 0 Å². The van der Waals surface area contributed by atoms with Gasteiger partial charge in [0.15, 0.2) is 0 Å². The number of fused-ring (bicyclic) bond motifs is 3. The first-order valence-electron chi connectivity index (χ1n) is 5.49. The van der Waals surface area contributed by atoms with Gasteiger partial charge >= 0.3 is 0 Å². The Labute approximate surface area is 121 Å². The molecule has 86 valence electrons. The van der Waals surface area contributed by atoms with Crippen molar-refractivity contribution in [3.8, 4) is 0 Å². The summed E-state index contributed by atoms with van der Waals surface area (Å²) in [4.78, 5) is 0. The van der Waals surface area contributed by atoms with E-state index in [4.69, 9.17) is 0 Å². The van der Waals surface area contributed by atoms with Gasteiger partial charge in [0.2, 0.25) is 0 Å². The lowest BCUT2D eigenvalue weighted by molar-refractivity contribution is 1.13. The molecule has 0 aliphatic carbocycles. The fourth-order valence-corrected chi connectivity index (χ4v) is 4.54. The third kappa shape index (κ3) is 1.94. The Morgan fingerprint density at radius 3 is 2.53 bits per heavy atom. The molecule has 0 spiro atoms. The number of benzene rings is 2. The summed E-state index contributed by atoms with van der Waals surface area (Å²) in [6.07, 6.45) is 1.06. The molecule has 0 atom stereocenters. The van der Waals surface area contributed by atoms with Gasteiger partial charge in [-0.25, -0.2) is 0 Å². The maximum Gasteiger partial charge on any atom is 0.0366 e. The third-order valence-electron chi connectivity index (χ3n) is 2.98. The molecule has 0 aliphatic rings. The molecule has 3 heteroatoms. The average Bonchev–Trinajstić information content (AvgIpc) is 2.63. The van der Waals surface area contributed by atoms with Crippen LogP contribution in [-0.4, -0.2) is 0 Å². The predicted octanol–water partition coefficient (Wildman–Crippen LogP) is 6.14. The Hall–Kier alpha value is -0.380. The van der Waals surface area contributed by atoms with Crippen LogP contribution in [-0.2, 0) is 6.42 Å². The molecule has 2 aromatic carbocycles. The zero-order valence-corrected chi connectivity index (χ0v) is 13.2. The van der Waals surface area contributed by atoms with E-state index in [0.29, 0.717) is 0 Å². The summed E-state index contributed by atoms with van der Waals surface area (Å²) >= 11 is 9.03. The van der Waals surface area contributed by atoms with Gasteiger partial charge in [-0.15, -0.1) is 11.3 Å². The van der Waals surface area contributed by atoms with Gasteiger partial charge < -0.3 is 0 Å². The Morgan fingerprint density at radius 2 is 1.76 bits per heavy atom. The molecule has 0 nitrogen and oxygen atoms in total. The highest BCUT2D eigenvalue weighted by Gasteiger charge is 2.08. The second kappa shape index (κ2) is 4.38. The van der Waals surface area contributed by atoms with Crippen LogP contribution in [0.5, 0.6) is 0 Å². The monoisotopic (exact) mass is 368 g/mol. The van der Waals surface area contributed by atoms with E-state index in [1.165, 1.54) is 30.2 Å². The van der Waals surface area contributed by atoms with Crippen LogP contribution in [0.15, 0.2) is 39.3 Å². The number of thiophene rings is 1. The molecule has 1 aromatic heterocycles. The summed E-state index contributed by atoms with van der Waals surface area (Å²) in [5.74, 6) is 0. The fourth-order valence-electron chi connectivity index (χ4n) is 2.09. The molecule has 1 heterocycles. The summed E-state index contributed by atoms with van der Waals surface area (Å²) in [6.45, 7) is 2.19. The number of rotatable bonds is 1. The molecule has 0 fully saturated rings. The molecule has 0 saturated carbocycles. The van der Waals surface area contributed by atoms with Gasteiger partial charge in [0.25, 0.3) is 0 Å². The summed E-state index contributed by atoms with van der Waals surface area (Å²) in [6, 6.07) is 11.1. The van der Waals surface area contributed by atoms with Crippen molar-refractivity contribution in [1.29, 1.82) is 0 Å². The topological polar surface area (TPSA) is 0 Å². The molecule has 0 saturated heterocycles. The zero-order chi connectivity index (χ0) is 12.0. The molecule has 0 bridgehead atoms. The maximum absolute atomic E-state index is 3.65. The van der Waals surface area contributed by atoms with Crippen molar-refractivity contribution < 1.29 is 0 Å². The van der Waals surface area contributed by atoms with E-state index in [2.05, 4.69) is 69.1 Å². The van der Waals surface area contributed by atoms with Gasteiger partial charge in [0.1, 0.15) is 0 Å². The van der Waals surface area contributed by atoms with Crippen LogP contribution in [0.2, 0.25) is 0 Å². The molecule has 3 rings (SSSR count). The minimum Gasteiger partial charge on any atom is -0.135 e. The quantitative estimate of drug-likeness (QED) is 0.483. The molecule has 3 aromatic rings. The zero-order valence-electron chi connectivity index (χ0n) is 9.26. The first-order valence-corrected chi connectivity index (χ1v) is 7.89. The Balaban J connectivity index is 2.44. The van der Waals surface area contributed by atoms with Gasteiger partial charge in [-0.2, -0.15) is 0 Å². The van der Waals surface area contributed by atoms with E-state index in [0.717, 1.165) is 10.9 Å². The highest BCUT2D eigenvalue weighted by Crippen LogP contribution is 2.38. The number of hydrogen-bond acceptors (Lipinski definition) is 1. The lowest BCUT2D eigenvalue weighted by Gasteiger charge is -2.01. The van der Waals surface area contributed by atoms with E-state index in [1.54, 1.807) is 0 Å². The normalized spacial score (nSPS) is 11.5. The second-order valence-electron chi connectivity index (χ2n) is 4.04. The van der Waals surface area contributed by atoms with Crippen LogP contribution in [0.1, 0.15) is 12.5 Å². The van der Waals surface area contributed by atoms with Crippen LogP contribution in [0.25, 0.3) is 20.2 Å². The molecular formula is C14H10Br2S. The van der Waals surface area contributed by atoms with Crippen molar-refractivity contribution in [3.63, 3.8) is 0 Å². The predicted molar refractivity (Wildman–Crippen MR) is 84.1 cm³/mol. The number of halogens is 2. The summed E-state index contributed by atoms with van der Waals surface area (Å²) < 4.78 is 5.06. The molecule has 0 radical (unpaired) electrons.